The predicted molar refractivity (Wildman–Crippen MR) is 117 cm³/mol. The number of anilines is 1. The molecule has 6 nitrogen and oxygen atoms in total. The summed E-state index contributed by atoms with van der Waals surface area (Å²) in [6.45, 7) is 3.83. The summed E-state index contributed by atoms with van der Waals surface area (Å²) in [4.78, 5) is 27.9. The normalized spacial score (nSPS) is 22.3. The van der Waals surface area contributed by atoms with Crippen LogP contribution in [0.1, 0.15) is 25.7 Å². The first-order chi connectivity index (χ1) is 13.1. The fraction of sp³-hybridized carbons (Fsp3) is 0.600. The molecule has 2 unspecified atom stereocenters. The van der Waals surface area contributed by atoms with E-state index in [-0.39, 0.29) is 30.3 Å². The van der Waals surface area contributed by atoms with Gasteiger partial charge in [-0.15, -0.1) is 24.2 Å². The lowest BCUT2D eigenvalue weighted by molar-refractivity contribution is -0.123. The number of nitrogens with zero attached hydrogens (tertiary/aromatic N) is 1. The number of benzene rings is 1. The lowest BCUT2D eigenvalue weighted by Gasteiger charge is -2.32. The van der Waals surface area contributed by atoms with Gasteiger partial charge in [-0.2, -0.15) is 0 Å². The molecule has 0 aliphatic carbocycles. The van der Waals surface area contributed by atoms with Gasteiger partial charge in [-0.3, -0.25) is 14.5 Å². The van der Waals surface area contributed by atoms with Crippen LogP contribution >= 0.6 is 24.2 Å². The first kappa shape index (κ1) is 23.0. The second-order valence-electron chi connectivity index (χ2n) is 7.41. The number of amides is 2. The molecule has 2 aliphatic heterocycles. The van der Waals surface area contributed by atoms with Crippen molar-refractivity contribution in [3.05, 3.63) is 24.3 Å². The number of hydrogen-bond donors (Lipinski definition) is 3. The predicted octanol–water partition coefficient (Wildman–Crippen LogP) is 2.35. The smallest absolute Gasteiger partial charge is 0.238 e. The molecule has 2 fully saturated rings. The van der Waals surface area contributed by atoms with Gasteiger partial charge in [0.25, 0.3) is 0 Å². The van der Waals surface area contributed by atoms with Crippen LogP contribution in [0, 0.1) is 5.92 Å². The van der Waals surface area contributed by atoms with E-state index in [2.05, 4.69) is 20.9 Å². The van der Waals surface area contributed by atoms with Gasteiger partial charge in [0.15, 0.2) is 0 Å². The van der Waals surface area contributed by atoms with Crippen molar-refractivity contribution in [3.63, 3.8) is 0 Å². The highest BCUT2D eigenvalue weighted by Gasteiger charge is 2.25. The third-order valence-corrected chi connectivity index (χ3v) is 6.03. The fourth-order valence-corrected chi connectivity index (χ4v) is 4.22. The molecule has 156 valence electrons. The summed E-state index contributed by atoms with van der Waals surface area (Å²) in [5.74, 6) is 0.556. The fourth-order valence-electron chi connectivity index (χ4n) is 3.82. The second-order valence-corrected chi connectivity index (χ2v) is 8.29. The molecule has 0 aromatic heterocycles. The summed E-state index contributed by atoms with van der Waals surface area (Å²) in [5.41, 5.74) is 0.836. The lowest BCUT2D eigenvalue weighted by atomic mass is 9.98. The maximum absolute atomic E-state index is 12.3. The number of likely N-dealkylation sites (tertiary alicyclic amines) is 1. The third-order valence-electron chi connectivity index (χ3n) is 5.29. The Kier molecular flexibility index (Phi) is 9.58. The van der Waals surface area contributed by atoms with Crippen LogP contribution in [0.5, 0.6) is 0 Å². The number of rotatable bonds is 7. The Morgan fingerprint density at radius 1 is 1.21 bits per heavy atom. The van der Waals surface area contributed by atoms with E-state index in [1.54, 1.807) is 11.8 Å². The van der Waals surface area contributed by atoms with Gasteiger partial charge in [0, 0.05) is 23.7 Å². The van der Waals surface area contributed by atoms with Crippen molar-refractivity contribution in [3.8, 4) is 0 Å². The van der Waals surface area contributed by atoms with E-state index in [0.29, 0.717) is 19.0 Å². The summed E-state index contributed by atoms with van der Waals surface area (Å²) in [5, 5.41) is 9.30. The number of halogens is 1. The summed E-state index contributed by atoms with van der Waals surface area (Å²) < 4.78 is 0. The minimum Gasteiger partial charge on any atom is -0.354 e. The van der Waals surface area contributed by atoms with E-state index in [9.17, 15) is 9.59 Å². The Labute approximate surface area is 178 Å². The van der Waals surface area contributed by atoms with Gasteiger partial charge in [-0.05, 0) is 75.2 Å². The number of carbonyl (C=O) groups is 2. The van der Waals surface area contributed by atoms with Crippen molar-refractivity contribution >= 4 is 41.7 Å². The van der Waals surface area contributed by atoms with Crippen LogP contribution in [0.15, 0.2) is 29.2 Å². The first-order valence-corrected chi connectivity index (χ1v) is 11.0. The van der Waals surface area contributed by atoms with Crippen molar-refractivity contribution < 1.29 is 9.59 Å². The Balaban J connectivity index is 0.00000280. The van der Waals surface area contributed by atoms with E-state index in [0.717, 1.165) is 51.0 Å². The molecule has 1 aromatic carbocycles. The molecule has 0 saturated carbocycles. The monoisotopic (exact) mass is 426 g/mol. The SMILES string of the molecule is CSc1ccc(NC(=O)CN2CCCC(CNC(=O)C3CCCN3)C2)cc1.Cl. The van der Waals surface area contributed by atoms with Crippen LogP contribution in [0.4, 0.5) is 5.69 Å². The standard InChI is InChI=1S/C20H30N4O2S.ClH/c1-27-17-8-6-16(7-9-17)23-19(25)14-24-11-3-4-15(13-24)12-22-20(26)18-5-2-10-21-18;/h6-9,15,18,21H,2-5,10-14H2,1H3,(H,22,26)(H,23,25);1H. The van der Waals surface area contributed by atoms with E-state index < -0.39 is 0 Å². The summed E-state index contributed by atoms with van der Waals surface area (Å²) in [6, 6.07) is 7.89. The van der Waals surface area contributed by atoms with Crippen LogP contribution < -0.4 is 16.0 Å². The number of hydrogen-bond acceptors (Lipinski definition) is 5. The molecule has 3 rings (SSSR count). The Hall–Kier alpha value is -1.28. The van der Waals surface area contributed by atoms with Crippen molar-refractivity contribution in [2.24, 2.45) is 5.92 Å². The second kappa shape index (κ2) is 11.7. The van der Waals surface area contributed by atoms with Gasteiger partial charge in [0.05, 0.1) is 12.6 Å². The molecule has 0 bridgehead atoms. The van der Waals surface area contributed by atoms with Crippen LogP contribution in [0.25, 0.3) is 0 Å². The molecule has 1 aromatic rings. The van der Waals surface area contributed by atoms with E-state index in [4.69, 9.17) is 0 Å². The number of thioether (sulfide) groups is 1. The highest BCUT2D eigenvalue weighted by molar-refractivity contribution is 7.98. The molecule has 2 saturated heterocycles. The Morgan fingerprint density at radius 2 is 2.00 bits per heavy atom. The summed E-state index contributed by atoms with van der Waals surface area (Å²) in [6.07, 6.45) is 6.21. The molecule has 0 spiro atoms. The quantitative estimate of drug-likeness (QED) is 0.583. The van der Waals surface area contributed by atoms with Crippen molar-refractivity contribution in [2.75, 3.05) is 44.3 Å². The number of nitrogens with one attached hydrogen (secondary N) is 3. The molecule has 2 heterocycles. The van der Waals surface area contributed by atoms with Gasteiger partial charge >= 0.3 is 0 Å². The zero-order valence-corrected chi connectivity index (χ0v) is 18.0. The highest BCUT2D eigenvalue weighted by Crippen LogP contribution is 2.18. The molecule has 28 heavy (non-hydrogen) atoms. The maximum atomic E-state index is 12.3. The van der Waals surface area contributed by atoms with Crippen molar-refractivity contribution in [1.29, 1.82) is 0 Å². The van der Waals surface area contributed by atoms with Gasteiger partial charge in [-0.25, -0.2) is 0 Å². The minimum atomic E-state index is -0.0204. The van der Waals surface area contributed by atoms with Crippen molar-refractivity contribution in [2.45, 2.75) is 36.6 Å². The number of carbonyl (C=O) groups excluding carboxylic acids is 2. The van der Waals surface area contributed by atoms with E-state index in [1.165, 1.54) is 4.90 Å². The van der Waals surface area contributed by atoms with Crippen LogP contribution in [-0.4, -0.2) is 61.7 Å². The molecule has 0 radical (unpaired) electrons. The molecule has 2 amide bonds. The average molecular weight is 427 g/mol. The lowest BCUT2D eigenvalue weighted by Crippen LogP contribution is -2.46. The maximum Gasteiger partial charge on any atom is 0.238 e. The molecular formula is C20H31ClN4O2S. The topological polar surface area (TPSA) is 73.5 Å². The van der Waals surface area contributed by atoms with Crippen molar-refractivity contribution in [1.82, 2.24) is 15.5 Å². The average Bonchev–Trinajstić information content (AvgIpc) is 3.22. The van der Waals surface area contributed by atoms with Gasteiger partial charge in [-0.1, -0.05) is 0 Å². The van der Waals surface area contributed by atoms with Crippen LogP contribution in [-0.2, 0) is 9.59 Å². The minimum absolute atomic E-state index is 0. The van der Waals surface area contributed by atoms with Crippen LogP contribution in [0.3, 0.4) is 0 Å². The molecular weight excluding hydrogens is 396 g/mol. The summed E-state index contributed by atoms with van der Waals surface area (Å²) in [7, 11) is 0. The Bertz CT molecular complexity index is 638. The van der Waals surface area contributed by atoms with E-state index in [1.807, 2.05) is 30.5 Å². The van der Waals surface area contributed by atoms with Gasteiger partial charge in [0.1, 0.15) is 0 Å². The Morgan fingerprint density at radius 3 is 2.68 bits per heavy atom. The summed E-state index contributed by atoms with van der Waals surface area (Å²) >= 11 is 1.68. The molecule has 8 heteroatoms. The van der Waals surface area contributed by atoms with Gasteiger partial charge in [0.2, 0.25) is 11.8 Å². The largest absolute Gasteiger partial charge is 0.354 e. The third kappa shape index (κ3) is 6.95. The highest BCUT2D eigenvalue weighted by atomic mass is 35.5. The molecule has 2 atom stereocenters. The number of piperidine rings is 1. The zero-order valence-electron chi connectivity index (χ0n) is 16.4. The zero-order chi connectivity index (χ0) is 19.1. The van der Waals surface area contributed by atoms with Gasteiger partial charge < -0.3 is 16.0 Å². The molecule has 2 aliphatic rings. The van der Waals surface area contributed by atoms with Crippen LogP contribution in [0.2, 0.25) is 0 Å². The molecule has 3 N–H and O–H groups in total. The first-order valence-electron chi connectivity index (χ1n) is 9.81. The van der Waals surface area contributed by atoms with E-state index >= 15 is 0 Å².